The second kappa shape index (κ2) is 9.01. The van der Waals surface area contributed by atoms with Gasteiger partial charge >= 0.3 is 6.18 Å². The summed E-state index contributed by atoms with van der Waals surface area (Å²) in [5.74, 6) is 1.89. The Hall–Kier alpha value is -3.14. The number of halogens is 3. The van der Waals surface area contributed by atoms with Crippen LogP contribution in [0.3, 0.4) is 0 Å². The van der Waals surface area contributed by atoms with E-state index in [-0.39, 0.29) is 12.3 Å². The first-order valence-corrected chi connectivity index (χ1v) is 10.8. The molecular weight excluding hydrogens is 435 g/mol. The summed E-state index contributed by atoms with van der Waals surface area (Å²) >= 11 is 0. The third-order valence-electron chi connectivity index (χ3n) is 5.93. The van der Waals surface area contributed by atoms with Gasteiger partial charge in [-0.05, 0) is 45.4 Å². The Bertz CT molecular complexity index is 1130. The molecule has 0 radical (unpaired) electrons. The molecule has 0 aliphatic carbocycles. The molecule has 4 heterocycles. The van der Waals surface area contributed by atoms with Gasteiger partial charge in [-0.15, -0.1) is 0 Å². The summed E-state index contributed by atoms with van der Waals surface area (Å²) in [5.41, 5.74) is 1.61. The van der Waals surface area contributed by atoms with Crippen molar-refractivity contribution in [3.8, 4) is 5.82 Å². The molecule has 176 valence electrons. The van der Waals surface area contributed by atoms with Gasteiger partial charge in [0, 0.05) is 55.4 Å². The zero-order chi connectivity index (χ0) is 23.8. The second-order valence-electron chi connectivity index (χ2n) is 8.36. The molecule has 1 aliphatic rings. The maximum atomic E-state index is 13.1. The first-order valence-electron chi connectivity index (χ1n) is 10.8. The van der Waals surface area contributed by atoms with Crippen LogP contribution in [0, 0.1) is 20.8 Å². The molecule has 7 nitrogen and oxygen atoms in total. The molecule has 0 bridgehead atoms. The number of hydrogen-bond acceptors (Lipinski definition) is 6. The minimum atomic E-state index is -4.40. The van der Waals surface area contributed by atoms with Crippen molar-refractivity contribution in [2.75, 3.05) is 37.6 Å². The van der Waals surface area contributed by atoms with Crippen molar-refractivity contribution in [2.45, 2.75) is 33.4 Å². The highest BCUT2D eigenvalue weighted by Gasteiger charge is 2.31. The van der Waals surface area contributed by atoms with Crippen LogP contribution < -0.4 is 4.90 Å². The van der Waals surface area contributed by atoms with Crippen LogP contribution >= 0.6 is 0 Å². The fourth-order valence-corrected chi connectivity index (χ4v) is 4.24. The van der Waals surface area contributed by atoms with Gasteiger partial charge in [0.25, 0.3) is 0 Å². The zero-order valence-electron chi connectivity index (χ0n) is 18.8. The van der Waals surface area contributed by atoms with Gasteiger partial charge in [0.15, 0.2) is 11.6 Å². The van der Waals surface area contributed by atoms with E-state index in [1.165, 1.54) is 6.07 Å². The van der Waals surface area contributed by atoms with Gasteiger partial charge in [0.1, 0.15) is 11.6 Å². The Kier molecular flexibility index (Phi) is 6.29. The summed E-state index contributed by atoms with van der Waals surface area (Å²) in [5, 5.41) is 4.06. The number of aryl methyl sites for hydroxylation is 2. The number of Topliss-reactive ketones (excluding diaryl/α,β-unsaturated/α-hetero) is 1. The minimum absolute atomic E-state index is 0.0238. The van der Waals surface area contributed by atoms with Gasteiger partial charge in [-0.3, -0.25) is 14.3 Å². The summed E-state index contributed by atoms with van der Waals surface area (Å²) in [6.45, 7) is 8.51. The SMILES string of the molecule is Cc1cc(-n2c(C)cc(C(=O)CN3CCCN(c4ccc(C(F)(F)F)cn4)CC3)c2C)no1. The van der Waals surface area contributed by atoms with E-state index in [2.05, 4.69) is 15.0 Å². The molecule has 0 saturated carbocycles. The number of carbonyl (C=O) groups excluding carboxylic acids is 1. The van der Waals surface area contributed by atoms with Crippen molar-refractivity contribution in [2.24, 2.45) is 0 Å². The molecule has 33 heavy (non-hydrogen) atoms. The monoisotopic (exact) mass is 461 g/mol. The number of ketones is 1. The highest BCUT2D eigenvalue weighted by atomic mass is 19.4. The fraction of sp³-hybridized carbons (Fsp3) is 0.435. The lowest BCUT2D eigenvalue weighted by molar-refractivity contribution is -0.137. The maximum Gasteiger partial charge on any atom is 0.417 e. The van der Waals surface area contributed by atoms with E-state index in [1.54, 1.807) is 0 Å². The van der Waals surface area contributed by atoms with Crippen molar-refractivity contribution < 1.29 is 22.5 Å². The Balaban J connectivity index is 1.41. The van der Waals surface area contributed by atoms with Crippen LogP contribution in [0.25, 0.3) is 5.82 Å². The van der Waals surface area contributed by atoms with Crippen LogP contribution in [0.1, 0.15) is 39.5 Å². The number of pyridine rings is 1. The molecule has 3 aromatic heterocycles. The zero-order valence-corrected chi connectivity index (χ0v) is 18.8. The van der Waals surface area contributed by atoms with Gasteiger partial charge in [-0.1, -0.05) is 5.16 Å². The number of nitrogens with zero attached hydrogens (tertiary/aromatic N) is 5. The van der Waals surface area contributed by atoms with Crippen LogP contribution in [0.4, 0.5) is 19.0 Å². The predicted molar refractivity (Wildman–Crippen MR) is 117 cm³/mol. The topological polar surface area (TPSA) is 67.4 Å². The Morgan fingerprint density at radius 1 is 1.06 bits per heavy atom. The van der Waals surface area contributed by atoms with Crippen LogP contribution in [0.2, 0.25) is 0 Å². The van der Waals surface area contributed by atoms with Gasteiger partial charge < -0.3 is 9.42 Å². The molecule has 0 atom stereocenters. The number of carbonyl (C=O) groups is 1. The Labute approximate surface area is 189 Å². The number of rotatable bonds is 5. The lowest BCUT2D eigenvalue weighted by Gasteiger charge is -2.22. The van der Waals surface area contributed by atoms with E-state index in [0.29, 0.717) is 42.6 Å². The highest BCUT2D eigenvalue weighted by Crippen LogP contribution is 2.29. The molecular formula is C23H26F3N5O2. The lowest BCUT2D eigenvalue weighted by atomic mass is 10.1. The average molecular weight is 461 g/mol. The first kappa shape index (κ1) is 23.0. The van der Waals surface area contributed by atoms with Crippen LogP contribution in [-0.4, -0.2) is 58.1 Å². The van der Waals surface area contributed by atoms with Crippen molar-refractivity contribution in [3.05, 3.63) is 58.7 Å². The van der Waals surface area contributed by atoms with Crippen LogP contribution in [0.15, 0.2) is 35.0 Å². The normalized spacial score (nSPS) is 15.6. The molecule has 3 aromatic rings. The summed E-state index contributed by atoms with van der Waals surface area (Å²) in [6, 6.07) is 6.16. The average Bonchev–Trinajstić information content (AvgIpc) is 3.21. The molecule has 0 N–H and O–H groups in total. The van der Waals surface area contributed by atoms with Gasteiger partial charge in [0.05, 0.1) is 12.1 Å². The summed E-state index contributed by atoms with van der Waals surface area (Å²) in [7, 11) is 0. The van der Waals surface area contributed by atoms with Crippen LogP contribution in [-0.2, 0) is 6.18 Å². The van der Waals surface area contributed by atoms with Crippen molar-refractivity contribution in [1.29, 1.82) is 0 Å². The fourth-order valence-electron chi connectivity index (χ4n) is 4.24. The lowest BCUT2D eigenvalue weighted by Crippen LogP contribution is -2.34. The summed E-state index contributed by atoms with van der Waals surface area (Å²) in [6.07, 6.45) is -2.75. The number of hydrogen-bond donors (Lipinski definition) is 0. The van der Waals surface area contributed by atoms with E-state index in [4.69, 9.17) is 4.52 Å². The third-order valence-corrected chi connectivity index (χ3v) is 5.93. The van der Waals surface area contributed by atoms with Crippen molar-refractivity contribution >= 4 is 11.6 Å². The standard InChI is InChI=1S/C23H26F3N5O2/c1-15-11-19(17(3)31(15)22-12-16(2)33-28-22)20(32)14-29-7-4-8-30(10-9-29)21-6-5-18(13-27-21)23(24,25)26/h5-6,11-13H,4,7-10,14H2,1-3H3. The molecule has 0 spiro atoms. The van der Waals surface area contributed by atoms with Crippen LogP contribution in [0.5, 0.6) is 0 Å². The van der Waals surface area contributed by atoms with E-state index in [1.807, 2.05) is 42.4 Å². The van der Waals surface area contributed by atoms with Gasteiger partial charge in [0.2, 0.25) is 0 Å². The van der Waals surface area contributed by atoms with Gasteiger partial charge in [-0.2, -0.15) is 13.2 Å². The summed E-state index contributed by atoms with van der Waals surface area (Å²) < 4.78 is 45.5. The number of alkyl halides is 3. The molecule has 1 aliphatic heterocycles. The third kappa shape index (κ3) is 4.95. The molecule has 4 rings (SSSR count). The van der Waals surface area contributed by atoms with Crippen molar-refractivity contribution in [3.63, 3.8) is 0 Å². The second-order valence-corrected chi connectivity index (χ2v) is 8.36. The quantitative estimate of drug-likeness (QED) is 0.531. The maximum absolute atomic E-state index is 13.1. The van der Waals surface area contributed by atoms with Gasteiger partial charge in [-0.25, -0.2) is 4.98 Å². The molecule has 1 fully saturated rings. The van der Waals surface area contributed by atoms with E-state index >= 15 is 0 Å². The van der Waals surface area contributed by atoms with E-state index in [9.17, 15) is 18.0 Å². The summed E-state index contributed by atoms with van der Waals surface area (Å²) in [4.78, 5) is 21.1. The molecule has 0 amide bonds. The van der Waals surface area contributed by atoms with E-state index < -0.39 is 11.7 Å². The molecule has 10 heteroatoms. The first-order chi connectivity index (χ1) is 15.6. The predicted octanol–water partition coefficient (Wildman–Crippen LogP) is 4.20. The Morgan fingerprint density at radius 2 is 1.85 bits per heavy atom. The van der Waals surface area contributed by atoms with Crippen molar-refractivity contribution in [1.82, 2.24) is 19.6 Å². The smallest absolute Gasteiger partial charge is 0.360 e. The number of aromatic nitrogens is 3. The molecule has 0 aromatic carbocycles. The molecule has 1 saturated heterocycles. The van der Waals surface area contributed by atoms with E-state index in [0.717, 1.165) is 36.6 Å². The minimum Gasteiger partial charge on any atom is -0.360 e. The number of anilines is 1. The largest absolute Gasteiger partial charge is 0.417 e. The Morgan fingerprint density at radius 3 is 2.48 bits per heavy atom. The highest BCUT2D eigenvalue weighted by molar-refractivity contribution is 5.99. The molecule has 0 unspecified atom stereocenters.